The van der Waals surface area contributed by atoms with E-state index < -0.39 is 0 Å². The smallest absolute Gasteiger partial charge is 0.159 e. The first-order valence-corrected chi connectivity index (χ1v) is 7.00. The van der Waals surface area contributed by atoms with Crippen LogP contribution in [-0.4, -0.2) is 26.0 Å². The molecule has 0 saturated heterocycles. The first-order chi connectivity index (χ1) is 9.38. The summed E-state index contributed by atoms with van der Waals surface area (Å²) in [6.07, 6.45) is 6.53. The van der Waals surface area contributed by atoms with Crippen molar-refractivity contribution in [2.24, 2.45) is 4.99 Å². The van der Waals surface area contributed by atoms with E-state index in [0.29, 0.717) is 6.54 Å². The van der Waals surface area contributed by atoms with Crippen molar-refractivity contribution in [3.8, 4) is 5.00 Å². The van der Waals surface area contributed by atoms with Crippen molar-refractivity contribution in [1.29, 1.82) is 0 Å². The first kappa shape index (κ1) is 10.8. The van der Waals surface area contributed by atoms with Gasteiger partial charge in [0, 0.05) is 36.0 Å². The predicted molar refractivity (Wildman–Crippen MR) is 75.2 cm³/mol. The van der Waals surface area contributed by atoms with Crippen molar-refractivity contribution in [3.63, 3.8) is 0 Å². The summed E-state index contributed by atoms with van der Waals surface area (Å²) in [5.74, 6) is 1.90. The predicted octanol–water partition coefficient (Wildman–Crippen LogP) is 2.37. The maximum Gasteiger partial charge on any atom is 0.159 e. The van der Waals surface area contributed by atoms with Crippen LogP contribution >= 0.6 is 11.3 Å². The minimum absolute atomic E-state index is 0.584. The molecule has 0 amide bonds. The number of aryl methyl sites for hydroxylation is 1. The van der Waals surface area contributed by atoms with Gasteiger partial charge < -0.3 is 0 Å². The molecule has 3 aromatic heterocycles. The molecular weight excluding hydrogens is 258 g/mol. The van der Waals surface area contributed by atoms with Gasteiger partial charge in [-0.15, -0.1) is 21.5 Å². The summed E-state index contributed by atoms with van der Waals surface area (Å²) in [4.78, 5) is 8.65. The zero-order valence-electron chi connectivity index (χ0n) is 10.4. The Hall–Kier alpha value is -2.08. The fourth-order valence-electron chi connectivity index (χ4n) is 2.39. The summed E-state index contributed by atoms with van der Waals surface area (Å²) < 4.78 is 3.31. The average molecular weight is 269 g/mol. The number of hydrogen-bond acceptors (Lipinski definition) is 5. The summed E-state index contributed by atoms with van der Waals surface area (Å²) in [6.45, 7) is 2.68. The lowest BCUT2D eigenvalue weighted by Gasteiger charge is -2.04. The second kappa shape index (κ2) is 3.96. The Kier molecular flexibility index (Phi) is 2.25. The van der Waals surface area contributed by atoms with E-state index in [-0.39, 0.29) is 0 Å². The Morgan fingerprint density at radius 3 is 3.21 bits per heavy atom. The lowest BCUT2D eigenvalue weighted by atomic mass is 10.2. The normalized spacial score (nSPS) is 13.3. The standard InChI is InChI=1S/C13H11N5S/c1-2-11-16-17-12-7-15-5-9-8-3-4-14-6-10(8)19-13(9)18(11)12/h3-6H,2,7H2,1H3. The highest BCUT2D eigenvalue weighted by molar-refractivity contribution is 7.21. The van der Waals surface area contributed by atoms with Crippen LogP contribution in [0.5, 0.6) is 0 Å². The number of aliphatic imine (C=N–C) groups is 1. The van der Waals surface area contributed by atoms with E-state index in [0.717, 1.165) is 28.6 Å². The molecule has 0 atom stereocenters. The molecule has 0 aromatic carbocycles. The molecule has 1 aliphatic rings. The zero-order chi connectivity index (χ0) is 12.8. The van der Waals surface area contributed by atoms with E-state index in [1.165, 1.54) is 10.1 Å². The minimum atomic E-state index is 0.584. The molecule has 1 aliphatic heterocycles. The topological polar surface area (TPSA) is 56.0 Å². The van der Waals surface area contributed by atoms with E-state index in [9.17, 15) is 0 Å². The molecule has 3 aromatic rings. The molecule has 4 heterocycles. The van der Waals surface area contributed by atoms with Gasteiger partial charge in [0.25, 0.3) is 0 Å². The number of aromatic nitrogens is 4. The highest BCUT2D eigenvalue weighted by Crippen LogP contribution is 2.35. The van der Waals surface area contributed by atoms with Crippen LogP contribution in [0, 0.1) is 0 Å². The van der Waals surface area contributed by atoms with E-state index >= 15 is 0 Å². The van der Waals surface area contributed by atoms with Crippen LogP contribution in [0.4, 0.5) is 0 Å². The van der Waals surface area contributed by atoms with Crippen molar-refractivity contribution in [3.05, 3.63) is 35.7 Å². The quantitative estimate of drug-likeness (QED) is 0.681. The number of rotatable bonds is 1. The van der Waals surface area contributed by atoms with Gasteiger partial charge in [-0.05, 0) is 6.07 Å². The van der Waals surface area contributed by atoms with Gasteiger partial charge in [0.15, 0.2) is 5.82 Å². The number of fused-ring (bicyclic) bond motifs is 5. The fourth-order valence-corrected chi connectivity index (χ4v) is 3.57. The Morgan fingerprint density at radius 1 is 1.37 bits per heavy atom. The molecule has 0 fully saturated rings. The molecule has 0 unspecified atom stereocenters. The van der Waals surface area contributed by atoms with Crippen molar-refractivity contribution >= 4 is 27.6 Å². The monoisotopic (exact) mass is 269 g/mol. The second-order valence-electron chi connectivity index (χ2n) is 4.38. The molecule has 0 aliphatic carbocycles. The van der Waals surface area contributed by atoms with E-state index in [2.05, 4.69) is 31.7 Å². The third kappa shape index (κ3) is 1.46. The maximum absolute atomic E-state index is 4.46. The number of pyridine rings is 1. The Bertz CT molecular complexity index is 799. The lowest BCUT2D eigenvalue weighted by molar-refractivity contribution is 0.850. The summed E-state index contributed by atoms with van der Waals surface area (Å²) in [5, 5.41) is 10.9. The van der Waals surface area contributed by atoms with Gasteiger partial charge >= 0.3 is 0 Å². The van der Waals surface area contributed by atoms with Crippen LogP contribution in [0.15, 0.2) is 23.5 Å². The first-order valence-electron chi connectivity index (χ1n) is 6.18. The van der Waals surface area contributed by atoms with E-state index in [1.54, 1.807) is 11.3 Å². The number of thiophene rings is 1. The van der Waals surface area contributed by atoms with Gasteiger partial charge in [-0.1, -0.05) is 6.92 Å². The molecule has 6 heteroatoms. The lowest BCUT2D eigenvalue weighted by Crippen LogP contribution is -2.02. The molecule has 0 radical (unpaired) electrons. The summed E-state index contributed by atoms with van der Waals surface area (Å²) >= 11 is 1.72. The zero-order valence-corrected chi connectivity index (χ0v) is 11.2. The van der Waals surface area contributed by atoms with Crippen molar-refractivity contribution < 1.29 is 0 Å². The van der Waals surface area contributed by atoms with E-state index in [4.69, 9.17) is 0 Å². The van der Waals surface area contributed by atoms with Gasteiger partial charge in [-0.25, -0.2) is 0 Å². The third-order valence-corrected chi connectivity index (χ3v) is 4.42. The van der Waals surface area contributed by atoms with E-state index in [1.807, 2.05) is 24.7 Å². The molecule has 0 saturated carbocycles. The molecule has 19 heavy (non-hydrogen) atoms. The van der Waals surface area contributed by atoms with Crippen LogP contribution in [0.2, 0.25) is 0 Å². The van der Waals surface area contributed by atoms with Crippen LogP contribution in [0.1, 0.15) is 24.1 Å². The molecule has 0 N–H and O–H groups in total. The number of nitrogens with zero attached hydrogens (tertiary/aromatic N) is 5. The van der Waals surface area contributed by atoms with Crippen LogP contribution in [0.25, 0.3) is 15.1 Å². The second-order valence-corrected chi connectivity index (χ2v) is 5.41. The number of hydrogen-bond donors (Lipinski definition) is 0. The molecular formula is C13H11N5S. The Morgan fingerprint density at radius 2 is 2.32 bits per heavy atom. The fraction of sp³-hybridized carbons (Fsp3) is 0.231. The van der Waals surface area contributed by atoms with Crippen LogP contribution < -0.4 is 0 Å². The minimum Gasteiger partial charge on any atom is -0.284 e. The molecule has 4 rings (SSSR count). The van der Waals surface area contributed by atoms with Crippen molar-refractivity contribution in [1.82, 2.24) is 19.7 Å². The summed E-state index contributed by atoms with van der Waals surface area (Å²) in [7, 11) is 0. The molecule has 0 spiro atoms. The van der Waals surface area contributed by atoms with Crippen molar-refractivity contribution in [2.45, 2.75) is 19.9 Å². The van der Waals surface area contributed by atoms with Gasteiger partial charge in [-0.3, -0.25) is 14.5 Å². The van der Waals surface area contributed by atoms with Crippen LogP contribution in [0.3, 0.4) is 0 Å². The van der Waals surface area contributed by atoms with Gasteiger partial charge in [0.05, 0.1) is 11.2 Å². The maximum atomic E-state index is 4.46. The summed E-state index contributed by atoms with van der Waals surface area (Å²) in [6, 6.07) is 2.04. The molecule has 94 valence electrons. The highest BCUT2D eigenvalue weighted by atomic mass is 32.1. The Labute approximate surface area is 113 Å². The Balaban J connectivity index is 2.12. The van der Waals surface area contributed by atoms with Gasteiger partial charge in [-0.2, -0.15) is 0 Å². The average Bonchev–Trinajstić information content (AvgIpc) is 2.96. The third-order valence-electron chi connectivity index (χ3n) is 3.28. The molecule has 5 nitrogen and oxygen atoms in total. The van der Waals surface area contributed by atoms with Gasteiger partial charge in [0.2, 0.25) is 0 Å². The van der Waals surface area contributed by atoms with Crippen LogP contribution in [-0.2, 0) is 13.0 Å². The SMILES string of the molecule is CCc1nnc2n1-c1sc3cnccc3c1C=NC2. The largest absolute Gasteiger partial charge is 0.284 e. The summed E-state index contributed by atoms with van der Waals surface area (Å²) in [5.41, 5.74) is 1.15. The van der Waals surface area contributed by atoms with Crippen molar-refractivity contribution in [2.75, 3.05) is 0 Å². The van der Waals surface area contributed by atoms with Gasteiger partial charge in [0.1, 0.15) is 10.8 Å². The molecule has 0 bridgehead atoms. The highest BCUT2D eigenvalue weighted by Gasteiger charge is 2.21.